The van der Waals surface area contributed by atoms with E-state index in [0.717, 1.165) is 16.5 Å². The number of fused-ring (bicyclic) bond motifs is 1. The zero-order valence-electron chi connectivity index (χ0n) is 9.90. The van der Waals surface area contributed by atoms with Gasteiger partial charge < -0.3 is 14.9 Å². The van der Waals surface area contributed by atoms with Crippen LogP contribution in [0.1, 0.15) is 16.1 Å². The Morgan fingerprint density at radius 3 is 2.94 bits per heavy atom. The van der Waals surface area contributed by atoms with Crippen LogP contribution < -0.4 is 5.73 Å². The van der Waals surface area contributed by atoms with Crippen LogP contribution in [0.15, 0.2) is 28.7 Å². The fourth-order valence-electron chi connectivity index (χ4n) is 1.77. The second-order valence-corrected chi connectivity index (χ2v) is 4.03. The van der Waals surface area contributed by atoms with Crippen molar-refractivity contribution in [3.63, 3.8) is 0 Å². The van der Waals surface area contributed by atoms with Crippen LogP contribution in [-0.4, -0.2) is 25.5 Å². The quantitative estimate of drug-likeness (QED) is 0.819. The predicted molar refractivity (Wildman–Crippen MR) is 65.1 cm³/mol. The normalized spacial score (nSPS) is 12.9. The van der Waals surface area contributed by atoms with E-state index in [9.17, 15) is 4.79 Å². The van der Waals surface area contributed by atoms with Crippen molar-refractivity contribution in [3.05, 3.63) is 35.6 Å². The maximum atomic E-state index is 11.9. The molecule has 0 amide bonds. The van der Waals surface area contributed by atoms with E-state index in [0.29, 0.717) is 5.76 Å². The van der Waals surface area contributed by atoms with Gasteiger partial charge in [0.05, 0.1) is 12.6 Å². The summed E-state index contributed by atoms with van der Waals surface area (Å²) >= 11 is 0. The molecular formula is C13H15NO3. The molecule has 1 unspecified atom stereocenters. The molecule has 1 aromatic heterocycles. The van der Waals surface area contributed by atoms with Crippen LogP contribution in [0.5, 0.6) is 0 Å². The van der Waals surface area contributed by atoms with Gasteiger partial charge in [-0.25, -0.2) is 0 Å². The van der Waals surface area contributed by atoms with E-state index in [-0.39, 0.29) is 12.4 Å². The van der Waals surface area contributed by atoms with Gasteiger partial charge in [0.2, 0.25) is 5.78 Å². The number of furan rings is 1. The molecule has 0 saturated carbocycles. The third kappa shape index (κ3) is 2.23. The molecule has 1 aromatic carbocycles. The first kappa shape index (κ1) is 11.8. The number of carbonyl (C=O) groups excluding carboxylic acids is 1. The standard InChI is InChI=1S/C13H15NO3/c1-8-4-3-5-9-6-11(17-13(8)9)12(15)10(14)7-16-2/h3-6,10H,7,14H2,1-2H3. The maximum absolute atomic E-state index is 11.9. The van der Waals surface area contributed by atoms with Gasteiger partial charge in [-0.05, 0) is 18.6 Å². The fraction of sp³-hybridized carbons (Fsp3) is 0.308. The number of rotatable bonds is 4. The van der Waals surface area contributed by atoms with Crippen molar-refractivity contribution in [3.8, 4) is 0 Å². The first-order chi connectivity index (χ1) is 8.13. The second-order valence-electron chi connectivity index (χ2n) is 4.03. The van der Waals surface area contributed by atoms with Crippen LogP contribution in [0, 0.1) is 6.92 Å². The highest BCUT2D eigenvalue weighted by atomic mass is 16.5. The summed E-state index contributed by atoms with van der Waals surface area (Å²) in [5.41, 5.74) is 7.42. The SMILES string of the molecule is COCC(N)C(=O)c1cc2cccc(C)c2o1. The highest BCUT2D eigenvalue weighted by Crippen LogP contribution is 2.23. The summed E-state index contributed by atoms with van der Waals surface area (Å²) in [7, 11) is 1.51. The summed E-state index contributed by atoms with van der Waals surface area (Å²) in [5.74, 6) is 0.0568. The fourth-order valence-corrected chi connectivity index (χ4v) is 1.77. The molecular weight excluding hydrogens is 218 g/mol. The van der Waals surface area contributed by atoms with Gasteiger partial charge in [0, 0.05) is 12.5 Å². The van der Waals surface area contributed by atoms with Crippen LogP contribution in [0.2, 0.25) is 0 Å². The summed E-state index contributed by atoms with van der Waals surface area (Å²) < 4.78 is 10.4. The molecule has 2 rings (SSSR count). The summed E-state index contributed by atoms with van der Waals surface area (Å²) in [4.78, 5) is 11.9. The largest absolute Gasteiger partial charge is 0.453 e. The van der Waals surface area contributed by atoms with Crippen molar-refractivity contribution >= 4 is 16.8 Å². The molecule has 4 nitrogen and oxygen atoms in total. The van der Waals surface area contributed by atoms with Crippen LogP contribution in [0.4, 0.5) is 0 Å². The van der Waals surface area contributed by atoms with Gasteiger partial charge in [0.25, 0.3) is 0 Å². The number of hydrogen-bond acceptors (Lipinski definition) is 4. The Labute approximate surface area is 99.3 Å². The summed E-state index contributed by atoms with van der Waals surface area (Å²) in [5, 5.41) is 0.915. The minimum atomic E-state index is -0.680. The highest BCUT2D eigenvalue weighted by molar-refractivity contribution is 6.01. The van der Waals surface area contributed by atoms with Crippen molar-refractivity contribution in [2.45, 2.75) is 13.0 Å². The molecule has 2 N–H and O–H groups in total. The first-order valence-corrected chi connectivity index (χ1v) is 5.41. The maximum Gasteiger partial charge on any atom is 0.216 e. The Morgan fingerprint density at radius 1 is 1.53 bits per heavy atom. The number of nitrogens with two attached hydrogens (primary N) is 1. The van der Waals surface area contributed by atoms with Crippen molar-refractivity contribution in [2.24, 2.45) is 5.73 Å². The van der Waals surface area contributed by atoms with E-state index >= 15 is 0 Å². The van der Waals surface area contributed by atoms with Crippen molar-refractivity contribution in [1.82, 2.24) is 0 Å². The van der Waals surface area contributed by atoms with Crippen LogP contribution in [-0.2, 0) is 4.74 Å². The van der Waals surface area contributed by atoms with Crippen molar-refractivity contribution in [2.75, 3.05) is 13.7 Å². The second kappa shape index (κ2) is 4.69. The molecule has 90 valence electrons. The number of para-hydroxylation sites is 1. The Hall–Kier alpha value is -1.65. The molecule has 0 spiro atoms. The Kier molecular flexibility index (Phi) is 3.26. The van der Waals surface area contributed by atoms with Gasteiger partial charge >= 0.3 is 0 Å². The Morgan fingerprint density at radius 2 is 2.29 bits per heavy atom. The third-order valence-corrected chi connectivity index (χ3v) is 2.67. The number of aryl methyl sites for hydroxylation is 1. The number of hydrogen-bond donors (Lipinski definition) is 1. The first-order valence-electron chi connectivity index (χ1n) is 5.41. The van der Waals surface area contributed by atoms with Gasteiger partial charge in [-0.15, -0.1) is 0 Å². The smallest absolute Gasteiger partial charge is 0.216 e. The molecule has 0 aliphatic heterocycles. The molecule has 0 bridgehead atoms. The minimum Gasteiger partial charge on any atom is -0.453 e. The number of benzene rings is 1. The Bertz CT molecular complexity index is 545. The topological polar surface area (TPSA) is 65.5 Å². The molecule has 1 heterocycles. The third-order valence-electron chi connectivity index (χ3n) is 2.67. The van der Waals surface area contributed by atoms with Crippen LogP contribution >= 0.6 is 0 Å². The van der Waals surface area contributed by atoms with E-state index in [1.807, 2.05) is 25.1 Å². The van der Waals surface area contributed by atoms with Crippen molar-refractivity contribution in [1.29, 1.82) is 0 Å². The van der Waals surface area contributed by atoms with Gasteiger partial charge in [0.15, 0.2) is 5.76 Å². The molecule has 2 aromatic rings. The van der Waals surface area contributed by atoms with Gasteiger partial charge in [-0.2, -0.15) is 0 Å². The lowest BCUT2D eigenvalue weighted by Crippen LogP contribution is -2.34. The number of ether oxygens (including phenoxy) is 1. The number of methoxy groups -OCH3 is 1. The molecule has 0 fully saturated rings. The van der Waals surface area contributed by atoms with E-state index in [4.69, 9.17) is 14.9 Å². The zero-order valence-corrected chi connectivity index (χ0v) is 9.90. The predicted octanol–water partition coefficient (Wildman–Crippen LogP) is 1.90. The van der Waals surface area contributed by atoms with E-state index < -0.39 is 6.04 Å². The summed E-state index contributed by atoms with van der Waals surface area (Å²) in [6, 6.07) is 6.82. The monoisotopic (exact) mass is 233 g/mol. The zero-order chi connectivity index (χ0) is 12.4. The Balaban J connectivity index is 2.37. The van der Waals surface area contributed by atoms with Gasteiger partial charge in [0.1, 0.15) is 5.58 Å². The molecule has 0 saturated heterocycles. The number of carbonyl (C=O) groups is 1. The molecule has 1 atom stereocenters. The van der Waals surface area contributed by atoms with Gasteiger partial charge in [-0.1, -0.05) is 18.2 Å². The lowest BCUT2D eigenvalue weighted by molar-refractivity contribution is 0.0867. The molecule has 0 aliphatic rings. The highest BCUT2D eigenvalue weighted by Gasteiger charge is 2.20. The molecule has 0 radical (unpaired) electrons. The van der Waals surface area contributed by atoms with Crippen LogP contribution in [0.25, 0.3) is 11.0 Å². The average Bonchev–Trinajstić information content (AvgIpc) is 2.73. The minimum absolute atomic E-state index is 0.189. The number of Topliss-reactive ketones (excluding diaryl/α,β-unsaturated/α-hetero) is 1. The summed E-state index contributed by atoms with van der Waals surface area (Å²) in [6.45, 7) is 2.13. The lowest BCUT2D eigenvalue weighted by atomic mass is 10.1. The van der Waals surface area contributed by atoms with E-state index in [2.05, 4.69) is 0 Å². The molecule has 17 heavy (non-hydrogen) atoms. The van der Waals surface area contributed by atoms with E-state index in [1.54, 1.807) is 6.07 Å². The molecule has 4 heteroatoms. The lowest BCUT2D eigenvalue weighted by Gasteiger charge is -2.06. The van der Waals surface area contributed by atoms with Crippen LogP contribution in [0.3, 0.4) is 0 Å². The molecule has 0 aliphatic carbocycles. The van der Waals surface area contributed by atoms with E-state index in [1.165, 1.54) is 7.11 Å². The summed E-state index contributed by atoms with van der Waals surface area (Å²) in [6.07, 6.45) is 0. The van der Waals surface area contributed by atoms with Crippen molar-refractivity contribution < 1.29 is 13.9 Å². The number of ketones is 1. The average molecular weight is 233 g/mol. The van der Waals surface area contributed by atoms with Gasteiger partial charge in [-0.3, -0.25) is 4.79 Å².